The van der Waals surface area contributed by atoms with E-state index in [1.165, 1.54) is 30.4 Å². The molecule has 0 aromatic heterocycles. The molecule has 0 radical (unpaired) electrons. The molecule has 0 amide bonds. The number of halogens is 3. The summed E-state index contributed by atoms with van der Waals surface area (Å²) in [4.78, 5) is 10.1. The Kier molecular flexibility index (Phi) is 4.09. The van der Waals surface area contributed by atoms with Crippen LogP contribution in [0.4, 0.5) is 13.2 Å². The van der Waals surface area contributed by atoms with Crippen LogP contribution in [0.1, 0.15) is 11.1 Å². The van der Waals surface area contributed by atoms with Crippen LogP contribution in [0.3, 0.4) is 0 Å². The molecule has 0 saturated heterocycles. The highest BCUT2D eigenvalue weighted by molar-refractivity contribution is 5.80. The molecular weight excluding hydrogens is 233 g/mol. The summed E-state index contributed by atoms with van der Waals surface area (Å²) < 4.78 is 37.0. The van der Waals surface area contributed by atoms with E-state index in [0.717, 1.165) is 18.2 Å². The SMILES string of the molecule is O=C(O)/C=C\C=C\c1cccc(C(F)(F)F)c1. The number of aliphatic carboxylic acids is 1. The van der Waals surface area contributed by atoms with Crippen LogP contribution >= 0.6 is 0 Å². The lowest BCUT2D eigenvalue weighted by molar-refractivity contribution is -0.137. The molecule has 0 heterocycles. The summed E-state index contributed by atoms with van der Waals surface area (Å²) in [5.41, 5.74) is -0.378. The number of benzene rings is 1. The van der Waals surface area contributed by atoms with Crippen molar-refractivity contribution in [1.29, 1.82) is 0 Å². The second-order valence-corrected chi connectivity index (χ2v) is 3.18. The molecule has 1 rings (SSSR count). The monoisotopic (exact) mass is 242 g/mol. The highest BCUT2D eigenvalue weighted by atomic mass is 19.4. The van der Waals surface area contributed by atoms with Crippen molar-refractivity contribution in [2.24, 2.45) is 0 Å². The van der Waals surface area contributed by atoms with Gasteiger partial charge in [-0.15, -0.1) is 0 Å². The molecule has 0 fully saturated rings. The number of carboxylic acids is 1. The molecule has 0 atom stereocenters. The fourth-order valence-corrected chi connectivity index (χ4v) is 1.12. The Labute approximate surface area is 95.7 Å². The Bertz CT molecular complexity index is 459. The minimum Gasteiger partial charge on any atom is -0.478 e. The molecule has 0 spiro atoms. The van der Waals surface area contributed by atoms with E-state index >= 15 is 0 Å². The average Bonchev–Trinajstić information content (AvgIpc) is 2.23. The van der Waals surface area contributed by atoms with Gasteiger partial charge in [0.25, 0.3) is 0 Å². The molecule has 5 heteroatoms. The van der Waals surface area contributed by atoms with Gasteiger partial charge in [-0.3, -0.25) is 0 Å². The highest BCUT2D eigenvalue weighted by Gasteiger charge is 2.30. The lowest BCUT2D eigenvalue weighted by atomic mass is 10.1. The Morgan fingerprint density at radius 2 is 1.94 bits per heavy atom. The Balaban J connectivity index is 2.83. The predicted molar refractivity (Wildman–Crippen MR) is 57.3 cm³/mol. The maximum atomic E-state index is 12.3. The van der Waals surface area contributed by atoms with E-state index in [0.29, 0.717) is 5.56 Å². The van der Waals surface area contributed by atoms with Crippen molar-refractivity contribution in [3.05, 3.63) is 53.6 Å². The van der Waals surface area contributed by atoms with E-state index in [9.17, 15) is 18.0 Å². The van der Waals surface area contributed by atoms with Gasteiger partial charge in [-0.2, -0.15) is 13.2 Å². The quantitative estimate of drug-likeness (QED) is 0.651. The molecule has 90 valence electrons. The first-order valence-corrected chi connectivity index (χ1v) is 4.64. The normalized spacial score (nSPS) is 12.4. The van der Waals surface area contributed by atoms with E-state index < -0.39 is 17.7 Å². The van der Waals surface area contributed by atoms with Crippen molar-refractivity contribution in [3.63, 3.8) is 0 Å². The summed E-state index contributed by atoms with van der Waals surface area (Å²) in [5, 5.41) is 8.29. The summed E-state index contributed by atoms with van der Waals surface area (Å²) in [6.07, 6.45) is 0.520. The van der Waals surface area contributed by atoms with Crippen molar-refractivity contribution >= 4 is 12.0 Å². The van der Waals surface area contributed by atoms with Gasteiger partial charge >= 0.3 is 12.1 Å². The molecule has 0 aliphatic carbocycles. The molecule has 1 aromatic carbocycles. The minimum atomic E-state index is -4.37. The van der Waals surface area contributed by atoms with Gasteiger partial charge in [-0.1, -0.05) is 30.4 Å². The van der Waals surface area contributed by atoms with Crippen LogP contribution in [-0.4, -0.2) is 11.1 Å². The Morgan fingerprint density at radius 1 is 1.24 bits per heavy atom. The van der Waals surface area contributed by atoms with Gasteiger partial charge in [0.05, 0.1) is 5.56 Å². The summed E-state index contributed by atoms with van der Waals surface area (Å²) in [5.74, 6) is -1.11. The van der Waals surface area contributed by atoms with Crippen molar-refractivity contribution in [2.75, 3.05) is 0 Å². The number of rotatable bonds is 3. The van der Waals surface area contributed by atoms with Gasteiger partial charge in [0.2, 0.25) is 0 Å². The predicted octanol–water partition coefficient (Wildman–Crippen LogP) is 3.36. The first kappa shape index (κ1) is 13.0. The van der Waals surface area contributed by atoms with Crippen molar-refractivity contribution < 1.29 is 23.1 Å². The maximum Gasteiger partial charge on any atom is 0.416 e. The third-order valence-corrected chi connectivity index (χ3v) is 1.85. The van der Waals surface area contributed by atoms with Gasteiger partial charge in [0, 0.05) is 6.08 Å². The topological polar surface area (TPSA) is 37.3 Å². The fourth-order valence-electron chi connectivity index (χ4n) is 1.12. The fraction of sp³-hybridized carbons (Fsp3) is 0.0833. The van der Waals surface area contributed by atoms with Crippen molar-refractivity contribution in [3.8, 4) is 0 Å². The largest absolute Gasteiger partial charge is 0.478 e. The molecule has 0 aliphatic heterocycles. The zero-order chi connectivity index (χ0) is 12.9. The van der Waals surface area contributed by atoms with Crippen LogP contribution in [0.25, 0.3) is 6.08 Å². The van der Waals surface area contributed by atoms with Gasteiger partial charge in [-0.05, 0) is 17.7 Å². The number of hydrogen-bond donors (Lipinski definition) is 1. The van der Waals surface area contributed by atoms with Crippen LogP contribution in [0.2, 0.25) is 0 Å². The van der Waals surface area contributed by atoms with Crippen LogP contribution < -0.4 is 0 Å². The number of carbonyl (C=O) groups is 1. The van der Waals surface area contributed by atoms with E-state index in [1.54, 1.807) is 0 Å². The van der Waals surface area contributed by atoms with Crippen molar-refractivity contribution in [2.45, 2.75) is 6.18 Å². The molecule has 0 bridgehead atoms. The third-order valence-electron chi connectivity index (χ3n) is 1.85. The molecule has 2 nitrogen and oxygen atoms in total. The molecule has 0 saturated carbocycles. The Morgan fingerprint density at radius 3 is 2.53 bits per heavy atom. The molecule has 0 unspecified atom stereocenters. The van der Waals surface area contributed by atoms with E-state index in [-0.39, 0.29) is 0 Å². The first-order chi connectivity index (χ1) is 7.89. The molecular formula is C12H9F3O2. The standard InChI is InChI=1S/C12H9F3O2/c13-12(14,15)10-6-3-5-9(8-10)4-1-2-7-11(16)17/h1-8H,(H,16,17)/b4-1+,7-2-. The summed E-state index contributed by atoms with van der Waals surface area (Å²) in [6, 6.07) is 4.76. The number of allylic oxidation sites excluding steroid dienone is 2. The summed E-state index contributed by atoms with van der Waals surface area (Å²) >= 11 is 0. The minimum absolute atomic E-state index is 0.356. The lowest BCUT2D eigenvalue weighted by Gasteiger charge is -2.06. The van der Waals surface area contributed by atoms with E-state index in [1.807, 2.05) is 0 Å². The second kappa shape index (κ2) is 5.34. The molecule has 1 N–H and O–H groups in total. The van der Waals surface area contributed by atoms with Crippen LogP contribution in [0, 0.1) is 0 Å². The van der Waals surface area contributed by atoms with Gasteiger partial charge in [0.15, 0.2) is 0 Å². The molecule has 0 aliphatic rings. The molecule has 17 heavy (non-hydrogen) atoms. The lowest BCUT2D eigenvalue weighted by Crippen LogP contribution is -2.04. The van der Waals surface area contributed by atoms with E-state index in [2.05, 4.69) is 0 Å². The van der Waals surface area contributed by atoms with Gasteiger partial charge < -0.3 is 5.11 Å². The van der Waals surface area contributed by atoms with E-state index in [4.69, 9.17) is 5.11 Å². The zero-order valence-electron chi connectivity index (χ0n) is 8.61. The third kappa shape index (κ3) is 4.55. The number of carboxylic acid groups (broad SMARTS) is 1. The van der Waals surface area contributed by atoms with Crippen LogP contribution in [0.15, 0.2) is 42.5 Å². The highest BCUT2D eigenvalue weighted by Crippen LogP contribution is 2.29. The second-order valence-electron chi connectivity index (χ2n) is 3.18. The van der Waals surface area contributed by atoms with Crippen LogP contribution in [0.5, 0.6) is 0 Å². The van der Waals surface area contributed by atoms with Gasteiger partial charge in [0.1, 0.15) is 0 Å². The summed E-state index contributed by atoms with van der Waals surface area (Å²) in [6.45, 7) is 0. The Hall–Kier alpha value is -2.04. The molecule has 1 aromatic rings. The zero-order valence-corrected chi connectivity index (χ0v) is 8.61. The first-order valence-electron chi connectivity index (χ1n) is 4.64. The number of hydrogen-bond acceptors (Lipinski definition) is 1. The summed E-state index contributed by atoms with van der Waals surface area (Å²) in [7, 11) is 0. The number of alkyl halides is 3. The maximum absolute atomic E-state index is 12.3. The van der Waals surface area contributed by atoms with Crippen LogP contribution in [-0.2, 0) is 11.0 Å². The average molecular weight is 242 g/mol. The van der Waals surface area contributed by atoms with Gasteiger partial charge in [-0.25, -0.2) is 4.79 Å². The van der Waals surface area contributed by atoms with Crippen molar-refractivity contribution in [1.82, 2.24) is 0 Å². The smallest absolute Gasteiger partial charge is 0.416 e.